The van der Waals surface area contributed by atoms with Gasteiger partial charge in [0.05, 0.1) is 23.6 Å². The van der Waals surface area contributed by atoms with Crippen LogP contribution in [0.1, 0.15) is 32.3 Å². The fourth-order valence-electron chi connectivity index (χ4n) is 3.87. The number of aromatic nitrogens is 2. The predicted molar refractivity (Wildman–Crippen MR) is 120 cm³/mol. The van der Waals surface area contributed by atoms with E-state index in [1.165, 1.54) is 5.56 Å². The molecule has 1 aliphatic heterocycles. The molecule has 6 heteroatoms. The maximum Gasteiger partial charge on any atom is 0.258 e. The molecule has 1 amide bonds. The van der Waals surface area contributed by atoms with Gasteiger partial charge in [0.1, 0.15) is 0 Å². The van der Waals surface area contributed by atoms with Crippen molar-refractivity contribution in [2.24, 2.45) is 5.92 Å². The number of hydrogen-bond acceptors (Lipinski definition) is 5. The summed E-state index contributed by atoms with van der Waals surface area (Å²) in [6, 6.07) is 15.8. The third kappa shape index (κ3) is 4.37. The zero-order valence-corrected chi connectivity index (χ0v) is 17.6. The number of carbonyl (C=O) groups is 1. The molecule has 1 aromatic heterocycles. The van der Waals surface area contributed by atoms with Gasteiger partial charge >= 0.3 is 0 Å². The lowest BCUT2D eigenvalue weighted by Crippen LogP contribution is -2.41. The molecule has 30 heavy (non-hydrogen) atoms. The summed E-state index contributed by atoms with van der Waals surface area (Å²) in [6.07, 6.45) is 2.77. The zero-order valence-electron chi connectivity index (χ0n) is 17.6. The van der Waals surface area contributed by atoms with E-state index in [0.29, 0.717) is 19.0 Å². The van der Waals surface area contributed by atoms with Gasteiger partial charge < -0.3 is 15.0 Å². The van der Waals surface area contributed by atoms with Crippen LogP contribution in [0.3, 0.4) is 0 Å². The molecule has 4 rings (SSSR count). The number of nitrogens with zero attached hydrogens (tertiary/aromatic N) is 3. The smallest absolute Gasteiger partial charge is 0.258 e. The van der Waals surface area contributed by atoms with Crippen molar-refractivity contribution in [1.82, 2.24) is 9.97 Å². The second-order valence-electron chi connectivity index (χ2n) is 7.60. The van der Waals surface area contributed by atoms with Crippen molar-refractivity contribution in [3.8, 4) is 5.88 Å². The lowest BCUT2D eigenvalue weighted by molar-refractivity contribution is -0.120. The Morgan fingerprint density at radius 2 is 1.83 bits per heavy atom. The van der Waals surface area contributed by atoms with Gasteiger partial charge in [-0.25, -0.2) is 9.97 Å². The van der Waals surface area contributed by atoms with Crippen molar-refractivity contribution in [3.63, 3.8) is 0 Å². The summed E-state index contributed by atoms with van der Waals surface area (Å²) in [6.45, 7) is 6.02. The van der Waals surface area contributed by atoms with E-state index in [1.54, 1.807) is 0 Å². The summed E-state index contributed by atoms with van der Waals surface area (Å²) >= 11 is 0. The first kappa shape index (κ1) is 20.1. The predicted octanol–water partition coefficient (Wildman–Crippen LogP) is 4.45. The Morgan fingerprint density at radius 3 is 2.53 bits per heavy atom. The van der Waals surface area contributed by atoms with Crippen LogP contribution in [-0.2, 0) is 11.2 Å². The summed E-state index contributed by atoms with van der Waals surface area (Å²) in [5.74, 6) is 1.20. The summed E-state index contributed by atoms with van der Waals surface area (Å²) in [4.78, 5) is 24.5. The molecule has 0 spiro atoms. The Morgan fingerprint density at radius 1 is 1.10 bits per heavy atom. The van der Waals surface area contributed by atoms with E-state index >= 15 is 0 Å². The van der Waals surface area contributed by atoms with Gasteiger partial charge in [0.15, 0.2) is 5.82 Å². The minimum atomic E-state index is -0.104. The molecule has 3 aromatic rings. The first-order valence-corrected chi connectivity index (χ1v) is 10.7. The average molecular weight is 405 g/mol. The van der Waals surface area contributed by atoms with Gasteiger partial charge in [-0.3, -0.25) is 4.79 Å². The Kier molecular flexibility index (Phi) is 6.12. The first-order valence-electron chi connectivity index (χ1n) is 10.7. The first-order chi connectivity index (χ1) is 14.7. The number of aryl methyl sites for hydroxylation is 1. The van der Waals surface area contributed by atoms with Gasteiger partial charge in [0, 0.05) is 18.8 Å². The van der Waals surface area contributed by atoms with Gasteiger partial charge in [-0.05, 0) is 56.0 Å². The number of rotatable bonds is 6. The van der Waals surface area contributed by atoms with Gasteiger partial charge in [-0.1, -0.05) is 31.2 Å². The minimum absolute atomic E-state index is 0.0515. The Balaban J connectivity index is 1.53. The van der Waals surface area contributed by atoms with Crippen molar-refractivity contribution >= 4 is 28.4 Å². The molecule has 1 fully saturated rings. The lowest BCUT2D eigenvalue weighted by atomic mass is 9.97. The molecule has 2 heterocycles. The number of nitrogens with one attached hydrogen (secondary N) is 1. The second kappa shape index (κ2) is 9.11. The fourth-order valence-corrected chi connectivity index (χ4v) is 3.87. The molecular weight excluding hydrogens is 376 g/mol. The lowest BCUT2D eigenvalue weighted by Gasteiger charge is -2.33. The van der Waals surface area contributed by atoms with Gasteiger partial charge in [0.25, 0.3) is 5.88 Å². The largest absolute Gasteiger partial charge is 0.475 e. The van der Waals surface area contributed by atoms with E-state index in [4.69, 9.17) is 9.72 Å². The van der Waals surface area contributed by atoms with Crippen molar-refractivity contribution in [2.75, 3.05) is 29.9 Å². The Bertz CT molecular complexity index is 1020. The van der Waals surface area contributed by atoms with Crippen LogP contribution in [0.5, 0.6) is 5.88 Å². The maximum atomic E-state index is 12.9. The van der Waals surface area contributed by atoms with Crippen LogP contribution in [0.25, 0.3) is 11.0 Å². The Labute approximate surface area is 177 Å². The van der Waals surface area contributed by atoms with Crippen LogP contribution in [0, 0.1) is 5.92 Å². The standard InChI is InChI=1S/C24H28N4O2/c1-3-17-11-13-19(14-12-17)25-23(29)18-8-7-15-28(16-18)22-24(30-4-2)27-21-10-6-5-9-20(21)26-22/h5-6,9-14,18H,3-4,7-8,15-16H2,1-2H3,(H,25,29)/t18-/m0/s1. The molecule has 1 aliphatic rings. The number of ether oxygens (including phenoxy) is 1. The third-order valence-corrected chi connectivity index (χ3v) is 5.52. The van der Waals surface area contributed by atoms with Crippen molar-refractivity contribution < 1.29 is 9.53 Å². The van der Waals surface area contributed by atoms with Crippen LogP contribution < -0.4 is 15.0 Å². The third-order valence-electron chi connectivity index (χ3n) is 5.52. The maximum absolute atomic E-state index is 12.9. The van der Waals surface area contributed by atoms with Gasteiger partial charge in [0.2, 0.25) is 5.91 Å². The molecule has 0 aliphatic carbocycles. The van der Waals surface area contributed by atoms with E-state index in [2.05, 4.69) is 34.3 Å². The monoisotopic (exact) mass is 404 g/mol. The highest BCUT2D eigenvalue weighted by molar-refractivity contribution is 5.93. The van der Waals surface area contributed by atoms with E-state index < -0.39 is 0 Å². The molecule has 2 aromatic carbocycles. The van der Waals surface area contributed by atoms with E-state index in [-0.39, 0.29) is 11.8 Å². The Hall–Kier alpha value is -3.15. The van der Waals surface area contributed by atoms with Crippen LogP contribution in [0.2, 0.25) is 0 Å². The molecule has 1 saturated heterocycles. The van der Waals surface area contributed by atoms with E-state index in [1.807, 2.05) is 43.3 Å². The number of para-hydroxylation sites is 2. The highest BCUT2D eigenvalue weighted by Gasteiger charge is 2.29. The van der Waals surface area contributed by atoms with Crippen molar-refractivity contribution in [2.45, 2.75) is 33.1 Å². The number of fused-ring (bicyclic) bond motifs is 1. The SMILES string of the molecule is CCOc1nc2ccccc2nc1N1CCC[C@H](C(=O)Nc2ccc(CC)cc2)C1. The molecule has 1 N–H and O–H groups in total. The van der Waals surface area contributed by atoms with Gasteiger partial charge in [-0.2, -0.15) is 0 Å². The second-order valence-corrected chi connectivity index (χ2v) is 7.60. The zero-order chi connectivity index (χ0) is 20.9. The highest BCUT2D eigenvalue weighted by Crippen LogP contribution is 2.31. The minimum Gasteiger partial charge on any atom is -0.475 e. The highest BCUT2D eigenvalue weighted by atomic mass is 16.5. The molecule has 6 nitrogen and oxygen atoms in total. The van der Waals surface area contributed by atoms with Crippen LogP contribution in [0.4, 0.5) is 11.5 Å². The average Bonchev–Trinajstić information content (AvgIpc) is 2.79. The van der Waals surface area contributed by atoms with Crippen LogP contribution >= 0.6 is 0 Å². The topological polar surface area (TPSA) is 67.4 Å². The summed E-state index contributed by atoms with van der Waals surface area (Å²) in [5.41, 5.74) is 3.75. The summed E-state index contributed by atoms with van der Waals surface area (Å²) < 4.78 is 5.80. The molecule has 0 unspecified atom stereocenters. The molecule has 0 bridgehead atoms. The van der Waals surface area contributed by atoms with Crippen LogP contribution in [0.15, 0.2) is 48.5 Å². The molecule has 1 atom stereocenters. The van der Waals surface area contributed by atoms with Gasteiger partial charge in [-0.15, -0.1) is 0 Å². The number of piperidine rings is 1. The molecule has 156 valence electrons. The quantitative estimate of drug-likeness (QED) is 0.658. The van der Waals surface area contributed by atoms with Crippen molar-refractivity contribution in [1.29, 1.82) is 0 Å². The number of benzene rings is 2. The fraction of sp³-hybridized carbons (Fsp3) is 0.375. The van der Waals surface area contributed by atoms with E-state index in [0.717, 1.165) is 48.3 Å². The van der Waals surface area contributed by atoms with E-state index in [9.17, 15) is 4.79 Å². The normalized spacial score (nSPS) is 16.5. The summed E-state index contributed by atoms with van der Waals surface area (Å²) in [5, 5.41) is 3.07. The molecular formula is C24H28N4O2. The van der Waals surface area contributed by atoms with Crippen molar-refractivity contribution in [3.05, 3.63) is 54.1 Å². The number of carbonyl (C=O) groups excluding carboxylic acids is 1. The number of amides is 1. The summed E-state index contributed by atoms with van der Waals surface area (Å²) in [7, 11) is 0. The number of hydrogen-bond donors (Lipinski definition) is 1. The molecule has 0 radical (unpaired) electrons. The molecule has 0 saturated carbocycles. The number of anilines is 2. The van der Waals surface area contributed by atoms with Crippen LogP contribution in [-0.4, -0.2) is 35.6 Å².